The molecule has 0 atom stereocenters. The van der Waals surface area contributed by atoms with Gasteiger partial charge in [0.2, 0.25) is 0 Å². The van der Waals surface area contributed by atoms with Crippen LogP contribution in [0.1, 0.15) is 30.9 Å². The molecule has 5 nitrogen and oxygen atoms in total. The molecule has 0 amide bonds. The van der Waals surface area contributed by atoms with Gasteiger partial charge in [0.15, 0.2) is 0 Å². The molecule has 0 bridgehead atoms. The Morgan fingerprint density at radius 2 is 1.90 bits per heavy atom. The lowest BCUT2D eigenvalue weighted by molar-refractivity contribution is 0.809. The SMILES string of the molecule is CC(C)c1c(NN)ncnc1N(C)Cc1ccccc1. The fourth-order valence-electron chi connectivity index (χ4n) is 2.27. The van der Waals surface area contributed by atoms with E-state index >= 15 is 0 Å². The molecule has 1 heterocycles. The van der Waals surface area contributed by atoms with Crippen molar-refractivity contribution in [1.29, 1.82) is 0 Å². The molecule has 0 fully saturated rings. The normalized spacial score (nSPS) is 10.7. The molecule has 0 saturated carbocycles. The number of nitrogens with one attached hydrogen (secondary N) is 1. The quantitative estimate of drug-likeness (QED) is 0.646. The highest BCUT2D eigenvalue weighted by atomic mass is 15.3. The molecule has 0 radical (unpaired) electrons. The van der Waals surface area contributed by atoms with Crippen molar-refractivity contribution in [3.05, 3.63) is 47.8 Å². The third-order valence-corrected chi connectivity index (χ3v) is 3.20. The Hall–Kier alpha value is -2.14. The number of aromatic nitrogens is 2. The van der Waals surface area contributed by atoms with E-state index in [-0.39, 0.29) is 5.92 Å². The van der Waals surface area contributed by atoms with Crippen LogP contribution in [0.4, 0.5) is 11.6 Å². The van der Waals surface area contributed by atoms with Crippen molar-refractivity contribution in [1.82, 2.24) is 9.97 Å². The molecule has 0 aliphatic carbocycles. The van der Waals surface area contributed by atoms with Crippen LogP contribution in [-0.4, -0.2) is 17.0 Å². The number of hydrogen-bond donors (Lipinski definition) is 2. The smallest absolute Gasteiger partial charge is 0.148 e. The predicted octanol–water partition coefficient (Wildman–Crippen LogP) is 2.52. The molecular weight excluding hydrogens is 250 g/mol. The van der Waals surface area contributed by atoms with Crippen LogP contribution in [0.3, 0.4) is 0 Å². The molecule has 1 aromatic carbocycles. The van der Waals surface area contributed by atoms with E-state index in [1.807, 2.05) is 25.2 Å². The van der Waals surface area contributed by atoms with E-state index in [1.165, 1.54) is 11.9 Å². The first-order chi connectivity index (χ1) is 9.63. The lowest BCUT2D eigenvalue weighted by atomic mass is 10.0. The van der Waals surface area contributed by atoms with Gasteiger partial charge in [-0.3, -0.25) is 0 Å². The molecule has 0 saturated heterocycles. The number of rotatable bonds is 5. The van der Waals surface area contributed by atoms with Crippen LogP contribution >= 0.6 is 0 Å². The van der Waals surface area contributed by atoms with Gasteiger partial charge in [0.25, 0.3) is 0 Å². The van der Waals surface area contributed by atoms with Crippen molar-refractivity contribution in [3.63, 3.8) is 0 Å². The lowest BCUT2D eigenvalue weighted by Crippen LogP contribution is -2.22. The van der Waals surface area contributed by atoms with Gasteiger partial charge in [-0.15, -0.1) is 0 Å². The Bertz CT molecular complexity index is 553. The van der Waals surface area contributed by atoms with Crippen LogP contribution in [0.25, 0.3) is 0 Å². The van der Waals surface area contributed by atoms with Crippen LogP contribution in [0, 0.1) is 0 Å². The second-order valence-corrected chi connectivity index (χ2v) is 5.10. The Morgan fingerprint density at radius 3 is 2.50 bits per heavy atom. The van der Waals surface area contributed by atoms with Crippen molar-refractivity contribution >= 4 is 11.6 Å². The highest BCUT2D eigenvalue weighted by Gasteiger charge is 2.17. The topological polar surface area (TPSA) is 67.1 Å². The average molecular weight is 271 g/mol. The minimum absolute atomic E-state index is 0.287. The highest BCUT2D eigenvalue weighted by molar-refractivity contribution is 5.59. The van der Waals surface area contributed by atoms with Crippen LogP contribution in [-0.2, 0) is 6.54 Å². The molecule has 2 aromatic rings. The van der Waals surface area contributed by atoms with E-state index in [4.69, 9.17) is 5.84 Å². The summed E-state index contributed by atoms with van der Waals surface area (Å²) < 4.78 is 0. The van der Waals surface area contributed by atoms with E-state index in [1.54, 1.807) is 0 Å². The zero-order chi connectivity index (χ0) is 14.5. The maximum absolute atomic E-state index is 5.55. The molecule has 20 heavy (non-hydrogen) atoms. The van der Waals surface area contributed by atoms with Gasteiger partial charge in [0.1, 0.15) is 18.0 Å². The van der Waals surface area contributed by atoms with Crippen LogP contribution < -0.4 is 16.2 Å². The minimum atomic E-state index is 0.287. The third kappa shape index (κ3) is 3.05. The van der Waals surface area contributed by atoms with Gasteiger partial charge in [-0.25, -0.2) is 15.8 Å². The van der Waals surface area contributed by atoms with Gasteiger partial charge < -0.3 is 10.3 Å². The van der Waals surface area contributed by atoms with E-state index in [0.717, 1.165) is 17.9 Å². The molecule has 0 aliphatic rings. The molecule has 3 N–H and O–H groups in total. The first-order valence-electron chi connectivity index (χ1n) is 6.70. The summed E-state index contributed by atoms with van der Waals surface area (Å²) >= 11 is 0. The lowest BCUT2D eigenvalue weighted by Gasteiger charge is -2.24. The summed E-state index contributed by atoms with van der Waals surface area (Å²) in [6.07, 6.45) is 1.54. The summed E-state index contributed by atoms with van der Waals surface area (Å²) in [7, 11) is 2.03. The average Bonchev–Trinajstić information content (AvgIpc) is 2.47. The summed E-state index contributed by atoms with van der Waals surface area (Å²) in [5.41, 5.74) is 4.94. The molecule has 106 valence electrons. The van der Waals surface area contributed by atoms with Gasteiger partial charge in [0.05, 0.1) is 0 Å². The maximum Gasteiger partial charge on any atom is 0.148 e. The molecule has 0 unspecified atom stereocenters. The summed E-state index contributed by atoms with van der Waals surface area (Å²) in [5.74, 6) is 7.43. The summed E-state index contributed by atoms with van der Waals surface area (Å²) in [6, 6.07) is 10.3. The minimum Gasteiger partial charge on any atom is -0.355 e. The van der Waals surface area contributed by atoms with Gasteiger partial charge in [-0.1, -0.05) is 44.2 Å². The van der Waals surface area contributed by atoms with Crippen LogP contribution in [0.5, 0.6) is 0 Å². The second-order valence-electron chi connectivity index (χ2n) is 5.10. The molecule has 1 aromatic heterocycles. The first-order valence-corrected chi connectivity index (χ1v) is 6.70. The molecule has 5 heteroatoms. The van der Waals surface area contributed by atoms with Gasteiger partial charge in [-0.2, -0.15) is 0 Å². The van der Waals surface area contributed by atoms with Crippen molar-refractivity contribution in [3.8, 4) is 0 Å². The standard InChI is InChI=1S/C15H21N5/c1-11(2)13-14(19-16)17-10-18-15(13)20(3)9-12-7-5-4-6-8-12/h4-8,10-11H,9,16H2,1-3H3,(H,17,18,19). The van der Waals surface area contributed by atoms with Crippen molar-refractivity contribution < 1.29 is 0 Å². The Balaban J connectivity index is 2.32. The third-order valence-electron chi connectivity index (χ3n) is 3.20. The highest BCUT2D eigenvalue weighted by Crippen LogP contribution is 2.30. The second kappa shape index (κ2) is 6.34. The number of nitrogens with two attached hydrogens (primary N) is 1. The fraction of sp³-hybridized carbons (Fsp3) is 0.333. The molecule has 0 spiro atoms. The zero-order valence-corrected chi connectivity index (χ0v) is 12.2. The van der Waals surface area contributed by atoms with Crippen molar-refractivity contribution in [2.24, 2.45) is 5.84 Å². The Morgan fingerprint density at radius 1 is 1.20 bits per heavy atom. The number of benzene rings is 1. The summed E-state index contributed by atoms with van der Waals surface area (Å²) in [5, 5.41) is 0. The Kier molecular flexibility index (Phi) is 4.53. The summed E-state index contributed by atoms with van der Waals surface area (Å²) in [4.78, 5) is 10.7. The van der Waals surface area contributed by atoms with E-state index in [0.29, 0.717) is 5.82 Å². The van der Waals surface area contributed by atoms with E-state index in [2.05, 4.69) is 46.3 Å². The number of hydrazine groups is 1. The Labute approximate surface area is 119 Å². The number of nitrogens with zero attached hydrogens (tertiary/aromatic N) is 3. The monoisotopic (exact) mass is 271 g/mol. The summed E-state index contributed by atoms with van der Waals surface area (Å²) in [6.45, 7) is 5.01. The predicted molar refractivity (Wildman–Crippen MR) is 82.5 cm³/mol. The number of anilines is 2. The molecule has 2 rings (SSSR count). The number of hydrogen-bond acceptors (Lipinski definition) is 5. The van der Waals surface area contributed by atoms with E-state index in [9.17, 15) is 0 Å². The number of nitrogen functional groups attached to an aromatic ring is 1. The van der Waals surface area contributed by atoms with Gasteiger partial charge >= 0.3 is 0 Å². The van der Waals surface area contributed by atoms with Crippen LogP contribution in [0.15, 0.2) is 36.7 Å². The van der Waals surface area contributed by atoms with Crippen LogP contribution in [0.2, 0.25) is 0 Å². The first kappa shape index (κ1) is 14.3. The largest absolute Gasteiger partial charge is 0.355 e. The van der Waals surface area contributed by atoms with Crippen molar-refractivity contribution in [2.45, 2.75) is 26.3 Å². The van der Waals surface area contributed by atoms with E-state index < -0.39 is 0 Å². The van der Waals surface area contributed by atoms with Gasteiger partial charge in [-0.05, 0) is 11.5 Å². The zero-order valence-electron chi connectivity index (χ0n) is 12.2. The van der Waals surface area contributed by atoms with Gasteiger partial charge in [0, 0.05) is 19.2 Å². The van der Waals surface area contributed by atoms with Crippen molar-refractivity contribution in [2.75, 3.05) is 17.4 Å². The molecular formula is C15H21N5. The maximum atomic E-state index is 5.55. The fourth-order valence-corrected chi connectivity index (χ4v) is 2.27. The molecule has 0 aliphatic heterocycles.